The van der Waals surface area contributed by atoms with Gasteiger partial charge >= 0.3 is 0 Å². The van der Waals surface area contributed by atoms with Crippen LogP contribution in [0.25, 0.3) is 0 Å². The molecule has 29 heavy (non-hydrogen) atoms. The number of rotatable bonds is 9. The number of aliphatic imine (C=N–C) groups is 1. The van der Waals surface area contributed by atoms with Crippen LogP contribution in [0.3, 0.4) is 0 Å². The van der Waals surface area contributed by atoms with Gasteiger partial charge in [0.25, 0.3) is 0 Å². The van der Waals surface area contributed by atoms with Gasteiger partial charge in [-0.3, -0.25) is 4.68 Å². The largest absolute Gasteiger partial charge is 0.493 e. The molecule has 160 valence electrons. The van der Waals surface area contributed by atoms with Crippen LogP contribution in [0.4, 0.5) is 0 Å². The van der Waals surface area contributed by atoms with E-state index in [4.69, 9.17) is 14.5 Å². The van der Waals surface area contributed by atoms with E-state index in [0.29, 0.717) is 19.1 Å². The molecule has 0 aliphatic heterocycles. The Kier molecular flexibility index (Phi) is 8.36. The highest BCUT2D eigenvalue weighted by atomic mass is 16.5. The van der Waals surface area contributed by atoms with Crippen LogP contribution in [0.1, 0.15) is 50.4 Å². The number of guanidine groups is 1. The van der Waals surface area contributed by atoms with Crippen molar-refractivity contribution >= 4 is 5.96 Å². The minimum atomic E-state index is 0.385. The van der Waals surface area contributed by atoms with Gasteiger partial charge in [0.1, 0.15) is 0 Å². The number of nitrogens with one attached hydrogen (secondary N) is 1. The molecule has 7 heteroatoms. The van der Waals surface area contributed by atoms with Gasteiger partial charge in [0.05, 0.1) is 26.0 Å². The van der Waals surface area contributed by atoms with Crippen LogP contribution < -0.4 is 14.8 Å². The third kappa shape index (κ3) is 6.14. The number of hydrogen-bond acceptors (Lipinski definition) is 4. The molecule has 2 rings (SSSR count). The maximum atomic E-state index is 5.59. The first kappa shape index (κ1) is 22.6. The molecule has 0 radical (unpaired) electrons. The molecule has 1 aromatic heterocycles. The zero-order chi connectivity index (χ0) is 21.4. The topological polar surface area (TPSA) is 63.9 Å². The van der Waals surface area contributed by atoms with E-state index >= 15 is 0 Å². The van der Waals surface area contributed by atoms with E-state index in [2.05, 4.69) is 49.3 Å². The Hall–Kier alpha value is -2.70. The Balaban J connectivity index is 2.17. The third-order valence-corrected chi connectivity index (χ3v) is 4.53. The molecule has 0 aliphatic carbocycles. The molecule has 0 saturated carbocycles. The third-order valence-electron chi connectivity index (χ3n) is 4.53. The molecule has 1 heterocycles. The summed E-state index contributed by atoms with van der Waals surface area (Å²) in [6, 6.07) is 5.95. The number of aromatic nitrogens is 2. The van der Waals surface area contributed by atoms with Crippen molar-refractivity contribution < 1.29 is 9.47 Å². The van der Waals surface area contributed by atoms with Crippen LogP contribution in [0.2, 0.25) is 0 Å². The summed E-state index contributed by atoms with van der Waals surface area (Å²) in [6.45, 7) is 11.1. The smallest absolute Gasteiger partial charge is 0.194 e. The lowest BCUT2D eigenvalue weighted by molar-refractivity contribution is 0.310. The van der Waals surface area contributed by atoms with Gasteiger partial charge < -0.3 is 19.7 Å². The first-order valence-electron chi connectivity index (χ1n) is 10.2. The van der Waals surface area contributed by atoms with E-state index in [9.17, 15) is 0 Å². The minimum absolute atomic E-state index is 0.385. The molecule has 0 amide bonds. The summed E-state index contributed by atoms with van der Waals surface area (Å²) in [5, 5.41) is 7.99. The van der Waals surface area contributed by atoms with E-state index in [1.807, 2.05) is 36.9 Å². The number of methoxy groups -OCH3 is 1. The monoisotopic (exact) mass is 401 g/mol. The van der Waals surface area contributed by atoms with Crippen LogP contribution in [0.5, 0.6) is 11.5 Å². The predicted molar refractivity (Wildman–Crippen MR) is 118 cm³/mol. The molecule has 0 saturated heterocycles. The lowest BCUT2D eigenvalue weighted by atomic mass is 10.1. The highest BCUT2D eigenvalue weighted by Crippen LogP contribution is 2.28. The van der Waals surface area contributed by atoms with Crippen molar-refractivity contribution in [3.8, 4) is 11.5 Å². The zero-order valence-electron chi connectivity index (χ0n) is 18.8. The Bertz CT molecular complexity index is 814. The predicted octanol–water partition coefficient (Wildman–Crippen LogP) is 3.55. The van der Waals surface area contributed by atoms with E-state index in [1.54, 1.807) is 7.11 Å². The minimum Gasteiger partial charge on any atom is -0.493 e. The fourth-order valence-corrected chi connectivity index (χ4v) is 3.21. The Labute approximate surface area is 174 Å². The maximum Gasteiger partial charge on any atom is 0.194 e. The highest BCUT2D eigenvalue weighted by molar-refractivity contribution is 5.79. The van der Waals surface area contributed by atoms with Crippen molar-refractivity contribution in [1.82, 2.24) is 20.0 Å². The molecule has 0 unspecified atom stereocenters. The van der Waals surface area contributed by atoms with Crippen molar-refractivity contribution in [2.45, 2.75) is 46.7 Å². The van der Waals surface area contributed by atoms with Gasteiger partial charge in [-0.05, 0) is 37.5 Å². The molecule has 7 nitrogen and oxygen atoms in total. The molecule has 2 aromatic rings. The molecule has 1 N–H and O–H groups in total. The lowest BCUT2D eigenvalue weighted by Gasteiger charge is -2.22. The second kappa shape index (κ2) is 10.7. The zero-order valence-corrected chi connectivity index (χ0v) is 18.8. The van der Waals surface area contributed by atoms with Gasteiger partial charge in [-0.15, -0.1) is 0 Å². The second-order valence-corrected chi connectivity index (χ2v) is 7.31. The Morgan fingerprint density at radius 3 is 2.66 bits per heavy atom. The summed E-state index contributed by atoms with van der Waals surface area (Å²) in [5.74, 6) is 2.73. The molecule has 1 aromatic carbocycles. The van der Waals surface area contributed by atoms with Crippen LogP contribution in [-0.4, -0.2) is 47.9 Å². The highest BCUT2D eigenvalue weighted by Gasteiger charge is 2.15. The second-order valence-electron chi connectivity index (χ2n) is 7.31. The fourth-order valence-electron chi connectivity index (χ4n) is 3.21. The number of nitrogens with zero attached hydrogens (tertiary/aromatic N) is 4. The van der Waals surface area contributed by atoms with E-state index in [-0.39, 0.29) is 0 Å². The maximum absolute atomic E-state index is 5.59. The van der Waals surface area contributed by atoms with Gasteiger partial charge in [0.2, 0.25) is 0 Å². The van der Waals surface area contributed by atoms with Gasteiger partial charge in [-0.2, -0.15) is 5.10 Å². The molecule has 0 atom stereocenters. The summed E-state index contributed by atoms with van der Waals surface area (Å²) in [6.07, 6.45) is 2.09. The Morgan fingerprint density at radius 2 is 2.03 bits per heavy atom. The molecule has 0 bridgehead atoms. The molecule has 0 spiro atoms. The average molecular weight is 402 g/mol. The van der Waals surface area contributed by atoms with E-state index < -0.39 is 0 Å². The summed E-state index contributed by atoms with van der Waals surface area (Å²) < 4.78 is 12.9. The van der Waals surface area contributed by atoms with Gasteiger partial charge in [-0.1, -0.05) is 19.9 Å². The lowest BCUT2D eigenvalue weighted by Crippen LogP contribution is -2.38. The van der Waals surface area contributed by atoms with E-state index in [0.717, 1.165) is 41.8 Å². The Morgan fingerprint density at radius 1 is 1.28 bits per heavy atom. The van der Waals surface area contributed by atoms with Crippen LogP contribution in [0, 0.1) is 0 Å². The number of benzene rings is 1. The number of aryl methyl sites for hydroxylation is 1. The van der Waals surface area contributed by atoms with Gasteiger partial charge in [0.15, 0.2) is 17.5 Å². The number of hydrogen-bond donors (Lipinski definition) is 1. The SMILES string of the molecule is CCNC(=NCc1ccc(OCC)c(OC)c1)N(C)Cc1cn(C)nc1C(C)C. The standard InChI is InChI=1S/C22H35N5O2/c1-8-23-22(26(5)14-18-15-27(6)25-21(18)16(3)4)24-13-17-10-11-19(29-9-2)20(12-17)28-7/h10-12,15-16H,8-9,13-14H2,1-7H3,(H,23,24). The van der Waals surface area contributed by atoms with E-state index in [1.165, 1.54) is 5.56 Å². The van der Waals surface area contributed by atoms with Crippen molar-refractivity contribution in [3.05, 3.63) is 41.2 Å². The summed E-state index contributed by atoms with van der Waals surface area (Å²) in [5.41, 5.74) is 3.42. The molecule has 0 fully saturated rings. The first-order chi connectivity index (χ1) is 13.9. The normalized spacial score (nSPS) is 11.7. The average Bonchev–Trinajstić information content (AvgIpc) is 3.06. The van der Waals surface area contributed by atoms with Crippen molar-refractivity contribution in [3.63, 3.8) is 0 Å². The fraction of sp³-hybridized carbons (Fsp3) is 0.545. The van der Waals surface area contributed by atoms with Crippen molar-refractivity contribution in [2.75, 3.05) is 27.3 Å². The van der Waals surface area contributed by atoms with Gasteiger partial charge in [-0.25, -0.2) is 4.99 Å². The quantitative estimate of drug-likeness (QED) is 0.514. The van der Waals surface area contributed by atoms with Crippen LogP contribution >= 0.6 is 0 Å². The molecular weight excluding hydrogens is 366 g/mol. The van der Waals surface area contributed by atoms with Crippen molar-refractivity contribution in [2.24, 2.45) is 12.0 Å². The molecular formula is C22H35N5O2. The summed E-state index contributed by atoms with van der Waals surface area (Å²) in [7, 11) is 5.67. The van der Waals surface area contributed by atoms with Crippen LogP contribution in [-0.2, 0) is 20.1 Å². The van der Waals surface area contributed by atoms with Gasteiger partial charge in [0, 0.05) is 38.9 Å². The van der Waals surface area contributed by atoms with Crippen LogP contribution in [0.15, 0.2) is 29.4 Å². The first-order valence-corrected chi connectivity index (χ1v) is 10.2. The summed E-state index contributed by atoms with van der Waals surface area (Å²) in [4.78, 5) is 6.96. The number of ether oxygens (including phenoxy) is 2. The molecule has 0 aliphatic rings. The van der Waals surface area contributed by atoms with Crippen molar-refractivity contribution in [1.29, 1.82) is 0 Å². The summed E-state index contributed by atoms with van der Waals surface area (Å²) >= 11 is 0.